The first-order chi connectivity index (χ1) is 10.5. The van der Waals surface area contributed by atoms with Gasteiger partial charge in [-0.2, -0.15) is 0 Å². The molecule has 0 aliphatic carbocycles. The number of nitro groups is 1. The van der Waals surface area contributed by atoms with Gasteiger partial charge in [0.25, 0.3) is 11.6 Å². The van der Waals surface area contributed by atoms with Crippen LogP contribution in [0.2, 0.25) is 0 Å². The van der Waals surface area contributed by atoms with Gasteiger partial charge < -0.3 is 15.2 Å². The standard InChI is InChI=1S/C15H20N2O6/c1-9-7-10(5-6-11(9)17(21)22)13(19)16-8-12(18)14(20)23-15(2,3)4/h5-7,12,18H,8H2,1-4H3,(H,16,19)/t12-/m0/s1. The quantitative estimate of drug-likeness (QED) is 0.479. The van der Waals surface area contributed by atoms with Gasteiger partial charge in [0.05, 0.1) is 11.5 Å². The van der Waals surface area contributed by atoms with Crippen molar-refractivity contribution in [1.29, 1.82) is 0 Å². The van der Waals surface area contributed by atoms with Crippen LogP contribution in [0.15, 0.2) is 18.2 Å². The van der Waals surface area contributed by atoms with E-state index in [9.17, 15) is 24.8 Å². The largest absolute Gasteiger partial charge is 0.458 e. The number of hydrogen-bond acceptors (Lipinski definition) is 6. The molecule has 0 heterocycles. The summed E-state index contributed by atoms with van der Waals surface area (Å²) in [5.74, 6) is -1.39. The number of benzene rings is 1. The van der Waals surface area contributed by atoms with E-state index < -0.39 is 28.5 Å². The zero-order valence-corrected chi connectivity index (χ0v) is 13.5. The maximum absolute atomic E-state index is 11.9. The lowest BCUT2D eigenvalue weighted by atomic mass is 10.1. The Labute approximate surface area is 133 Å². The van der Waals surface area contributed by atoms with Crippen LogP contribution in [0.25, 0.3) is 0 Å². The minimum Gasteiger partial charge on any atom is -0.458 e. The monoisotopic (exact) mass is 324 g/mol. The number of ether oxygens (including phenoxy) is 1. The molecule has 1 aromatic rings. The minimum absolute atomic E-state index is 0.0876. The van der Waals surface area contributed by atoms with E-state index >= 15 is 0 Å². The molecule has 8 nitrogen and oxygen atoms in total. The molecule has 0 aliphatic heterocycles. The number of nitrogens with one attached hydrogen (secondary N) is 1. The maximum Gasteiger partial charge on any atom is 0.337 e. The topological polar surface area (TPSA) is 119 Å². The fourth-order valence-electron chi connectivity index (χ4n) is 1.75. The van der Waals surface area contributed by atoms with Crippen LogP contribution < -0.4 is 5.32 Å². The second kappa shape index (κ2) is 7.19. The summed E-state index contributed by atoms with van der Waals surface area (Å²) < 4.78 is 4.98. The third-order valence-electron chi connectivity index (χ3n) is 2.79. The lowest BCUT2D eigenvalue weighted by Crippen LogP contribution is -2.40. The Hall–Kier alpha value is -2.48. The van der Waals surface area contributed by atoms with Crippen molar-refractivity contribution in [3.8, 4) is 0 Å². The molecule has 1 aromatic carbocycles. The molecule has 0 saturated heterocycles. The molecule has 126 valence electrons. The number of amides is 1. The first-order valence-electron chi connectivity index (χ1n) is 6.95. The molecule has 1 rings (SSSR count). The van der Waals surface area contributed by atoms with Crippen molar-refractivity contribution in [2.75, 3.05) is 6.54 Å². The van der Waals surface area contributed by atoms with Gasteiger partial charge in [-0.1, -0.05) is 0 Å². The Morgan fingerprint density at radius 1 is 1.39 bits per heavy atom. The van der Waals surface area contributed by atoms with Crippen molar-refractivity contribution in [3.05, 3.63) is 39.4 Å². The molecule has 0 radical (unpaired) electrons. The summed E-state index contributed by atoms with van der Waals surface area (Å²) in [7, 11) is 0. The SMILES string of the molecule is Cc1cc(C(=O)NC[C@H](O)C(=O)OC(C)(C)C)ccc1[N+](=O)[O-]. The number of carbonyl (C=O) groups excluding carboxylic acids is 2. The van der Waals surface area contributed by atoms with Gasteiger partial charge in [0, 0.05) is 17.2 Å². The summed E-state index contributed by atoms with van der Waals surface area (Å²) in [6.45, 7) is 6.19. The highest BCUT2D eigenvalue weighted by Crippen LogP contribution is 2.18. The number of carbonyl (C=O) groups is 2. The van der Waals surface area contributed by atoms with E-state index in [4.69, 9.17) is 4.74 Å². The highest BCUT2D eigenvalue weighted by molar-refractivity contribution is 5.95. The van der Waals surface area contributed by atoms with Gasteiger partial charge in [0.2, 0.25) is 0 Å². The molecule has 0 bridgehead atoms. The van der Waals surface area contributed by atoms with Crippen molar-refractivity contribution in [3.63, 3.8) is 0 Å². The Morgan fingerprint density at radius 3 is 2.48 bits per heavy atom. The van der Waals surface area contributed by atoms with Gasteiger partial charge in [-0.15, -0.1) is 0 Å². The van der Waals surface area contributed by atoms with Crippen LogP contribution in [0, 0.1) is 17.0 Å². The summed E-state index contributed by atoms with van der Waals surface area (Å²) in [5.41, 5.74) is -0.285. The first kappa shape index (κ1) is 18.6. The lowest BCUT2D eigenvalue weighted by molar-refractivity contribution is -0.385. The molecular formula is C15H20N2O6. The van der Waals surface area contributed by atoms with Crippen LogP contribution in [0.1, 0.15) is 36.7 Å². The second-order valence-electron chi connectivity index (χ2n) is 6.02. The molecule has 8 heteroatoms. The molecule has 23 heavy (non-hydrogen) atoms. The maximum atomic E-state index is 11.9. The van der Waals surface area contributed by atoms with Crippen molar-refractivity contribution in [2.24, 2.45) is 0 Å². The molecule has 0 unspecified atom stereocenters. The van der Waals surface area contributed by atoms with E-state index in [0.717, 1.165) is 0 Å². The average molecular weight is 324 g/mol. The van der Waals surface area contributed by atoms with Crippen LogP contribution in [-0.4, -0.2) is 40.2 Å². The number of aliphatic hydroxyl groups excluding tert-OH is 1. The second-order valence-corrected chi connectivity index (χ2v) is 6.02. The van der Waals surface area contributed by atoms with Crippen LogP contribution in [0.4, 0.5) is 5.69 Å². The van der Waals surface area contributed by atoms with Gasteiger partial charge in [-0.25, -0.2) is 4.79 Å². The number of aryl methyl sites for hydroxylation is 1. The van der Waals surface area contributed by atoms with E-state index in [-0.39, 0.29) is 17.8 Å². The number of nitro benzene ring substituents is 1. The van der Waals surface area contributed by atoms with E-state index in [0.29, 0.717) is 5.56 Å². The van der Waals surface area contributed by atoms with E-state index in [1.165, 1.54) is 25.1 Å². The fourth-order valence-corrected chi connectivity index (χ4v) is 1.75. The van der Waals surface area contributed by atoms with Crippen LogP contribution in [0.3, 0.4) is 0 Å². The van der Waals surface area contributed by atoms with E-state index in [2.05, 4.69) is 5.32 Å². The van der Waals surface area contributed by atoms with Gasteiger partial charge in [0.15, 0.2) is 6.10 Å². The highest BCUT2D eigenvalue weighted by atomic mass is 16.6. The lowest BCUT2D eigenvalue weighted by Gasteiger charge is -2.21. The summed E-state index contributed by atoms with van der Waals surface area (Å²) >= 11 is 0. The van der Waals surface area contributed by atoms with Gasteiger partial charge in [0.1, 0.15) is 5.60 Å². The Morgan fingerprint density at radius 2 is 2.00 bits per heavy atom. The van der Waals surface area contributed by atoms with Gasteiger partial charge in [-0.3, -0.25) is 14.9 Å². The third-order valence-corrected chi connectivity index (χ3v) is 2.79. The predicted molar refractivity (Wildman–Crippen MR) is 82.0 cm³/mol. The number of hydrogen-bond donors (Lipinski definition) is 2. The predicted octanol–water partition coefficient (Wildman–Crippen LogP) is 1.34. The summed E-state index contributed by atoms with van der Waals surface area (Å²) in [4.78, 5) is 33.7. The number of aliphatic hydroxyl groups is 1. The van der Waals surface area contributed by atoms with Crippen molar-refractivity contribution in [2.45, 2.75) is 39.4 Å². The van der Waals surface area contributed by atoms with Crippen molar-refractivity contribution in [1.82, 2.24) is 5.32 Å². The zero-order valence-electron chi connectivity index (χ0n) is 13.5. The normalized spacial score (nSPS) is 12.4. The molecule has 1 amide bonds. The molecule has 0 saturated carbocycles. The average Bonchev–Trinajstić information content (AvgIpc) is 2.41. The molecule has 0 aliphatic rings. The number of nitrogens with zero attached hydrogens (tertiary/aromatic N) is 1. The highest BCUT2D eigenvalue weighted by Gasteiger charge is 2.24. The molecule has 1 atom stereocenters. The summed E-state index contributed by atoms with van der Waals surface area (Å²) in [6, 6.07) is 3.90. The summed E-state index contributed by atoms with van der Waals surface area (Å²) in [5, 5.41) is 22.8. The van der Waals surface area contributed by atoms with Crippen molar-refractivity contribution >= 4 is 17.6 Å². The zero-order chi connectivity index (χ0) is 17.8. The molecule has 0 fully saturated rings. The van der Waals surface area contributed by atoms with Crippen LogP contribution in [-0.2, 0) is 9.53 Å². The minimum atomic E-state index is -1.49. The van der Waals surface area contributed by atoms with Crippen LogP contribution >= 0.6 is 0 Å². The van der Waals surface area contributed by atoms with Gasteiger partial charge >= 0.3 is 5.97 Å². The molecule has 0 spiro atoms. The molecule has 2 N–H and O–H groups in total. The van der Waals surface area contributed by atoms with Crippen molar-refractivity contribution < 1.29 is 24.4 Å². The Kier molecular flexibility index (Phi) is 5.80. The van der Waals surface area contributed by atoms with Crippen LogP contribution in [0.5, 0.6) is 0 Å². The Bertz CT molecular complexity index is 621. The Balaban J connectivity index is 2.65. The van der Waals surface area contributed by atoms with E-state index in [1.807, 2.05) is 0 Å². The number of esters is 1. The smallest absolute Gasteiger partial charge is 0.337 e. The first-order valence-corrected chi connectivity index (χ1v) is 6.95. The molecule has 0 aromatic heterocycles. The molecular weight excluding hydrogens is 304 g/mol. The fraction of sp³-hybridized carbons (Fsp3) is 0.467. The summed E-state index contributed by atoms with van der Waals surface area (Å²) in [6.07, 6.45) is -1.49. The van der Waals surface area contributed by atoms with E-state index in [1.54, 1.807) is 20.8 Å². The van der Waals surface area contributed by atoms with Gasteiger partial charge in [-0.05, 0) is 39.8 Å². The number of rotatable bonds is 5. The third kappa shape index (κ3) is 5.67.